The van der Waals surface area contributed by atoms with Gasteiger partial charge in [-0.25, -0.2) is 0 Å². The molecular weight excluding hydrogens is 803 g/mol. The molecule has 1 rings (SSSR count). The van der Waals surface area contributed by atoms with Crippen molar-refractivity contribution in [2.45, 2.75) is 230 Å². The van der Waals surface area contributed by atoms with Crippen LogP contribution in [0.4, 0.5) is 0 Å². The molecule has 9 heteroatoms. The Morgan fingerprint density at radius 2 is 0.984 bits per heavy atom. The molecule has 1 amide bonds. The Bertz CT molecular complexity index is 1320. The van der Waals surface area contributed by atoms with E-state index in [1.807, 2.05) is 6.08 Å². The summed E-state index contributed by atoms with van der Waals surface area (Å²) in [7, 11) is 0. The number of carbonyl (C=O) groups excluding carboxylic acids is 1. The fraction of sp³-hybridized carbons (Fsp3) is 0.691. The van der Waals surface area contributed by atoms with Crippen molar-refractivity contribution < 1.29 is 39.8 Å². The number of hydrogen-bond acceptors (Lipinski definition) is 8. The van der Waals surface area contributed by atoms with Crippen LogP contribution in [0.1, 0.15) is 187 Å². The molecule has 1 aliphatic heterocycles. The lowest BCUT2D eigenvalue weighted by Gasteiger charge is -2.40. The quantitative estimate of drug-likeness (QED) is 0.0262. The number of hydrogen-bond donors (Lipinski definition) is 6. The molecule has 1 saturated heterocycles. The molecule has 7 atom stereocenters. The molecule has 0 aromatic rings. The van der Waals surface area contributed by atoms with E-state index in [1.54, 1.807) is 6.08 Å². The van der Waals surface area contributed by atoms with Gasteiger partial charge < -0.3 is 40.3 Å². The third-order valence-corrected chi connectivity index (χ3v) is 11.4. The Labute approximate surface area is 390 Å². The molecule has 1 aliphatic rings. The van der Waals surface area contributed by atoms with Gasteiger partial charge in [0.15, 0.2) is 6.29 Å². The smallest absolute Gasteiger partial charge is 0.220 e. The number of allylic oxidation sites excluding steroid dienone is 15. The number of aliphatic hydroxyl groups is 5. The van der Waals surface area contributed by atoms with Gasteiger partial charge in [-0.2, -0.15) is 0 Å². The predicted molar refractivity (Wildman–Crippen MR) is 267 cm³/mol. The summed E-state index contributed by atoms with van der Waals surface area (Å²) in [6.07, 6.45) is 56.0. The van der Waals surface area contributed by atoms with E-state index in [0.29, 0.717) is 6.42 Å². The van der Waals surface area contributed by atoms with Crippen LogP contribution >= 0.6 is 0 Å². The van der Waals surface area contributed by atoms with Gasteiger partial charge in [0, 0.05) is 6.42 Å². The number of carbonyl (C=O) groups is 1. The molecule has 1 heterocycles. The van der Waals surface area contributed by atoms with E-state index in [2.05, 4.69) is 104 Å². The monoisotopic (exact) mass is 896 g/mol. The van der Waals surface area contributed by atoms with Crippen LogP contribution in [0.5, 0.6) is 0 Å². The molecule has 6 N–H and O–H groups in total. The van der Waals surface area contributed by atoms with Crippen LogP contribution in [0.2, 0.25) is 0 Å². The van der Waals surface area contributed by atoms with Gasteiger partial charge in [0.25, 0.3) is 0 Å². The molecule has 0 saturated carbocycles. The Balaban J connectivity index is 2.24. The maximum atomic E-state index is 13.0. The Morgan fingerprint density at radius 3 is 1.50 bits per heavy atom. The summed E-state index contributed by atoms with van der Waals surface area (Å²) in [6, 6.07) is -0.829. The number of rotatable bonds is 41. The van der Waals surface area contributed by atoms with Crippen molar-refractivity contribution in [3.8, 4) is 0 Å². The van der Waals surface area contributed by atoms with E-state index >= 15 is 0 Å². The average Bonchev–Trinajstić information content (AvgIpc) is 3.29. The molecule has 0 spiro atoms. The molecule has 1 fully saturated rings. The standard InChI is InChI=1S/C55H93NO8/c1-3-5-7-9-11-13-15-17-18-19-20-21-22-23-24-25-26-27-28-29-30-31-32-33-35-37-39-41-43-45-51(59)56-48(47-63-55-54(62)53(61)52(60)50(46-57)64-55)49(58)44-42-40-38-36-34-16-14-12-10-8-6-4-2/h5,7,11,13,17-18,20-21,23-24,26-27,34,36,42,44,48-50,52-55,57-58,60-62H,3-4,6,8-10,12,14-16,19,22,25,28-33,35,37-41,43,45-47H2,1-2H3,(H,56,59)/b7-5-,13-11-,18-17-,21-20-,24-23-,27-26-,36-34+,44-42+. The normalized spacial score (nSPS) is 20.9. The molecule has 0 aromatic carbocycles. The van der Waals surface area contributed by atoms with Crippen LogP contribution in [-0.4, -0.2) is 87.5 Å². The largest absolute Gasteiger partial charge is 0.394 e. The zero-order chi connectivity index (χ0) is 46.6. The number of unbranched alkanes of at least 4 members (excludes halogenated alkanes) is 17. The van der Waals surface area contributed by atoms with Crippen molar-refractivity contribution in [2.24, 2.45) is 0 Å². The van der Waals surface area contributed by atoms with Crippen LogP contribution in [0.3, 0.4) is 0 Å². The van der Waals surface area contributed by atoms with Gasteiger partial charge in [0.05, 0.1) is 25.4 Å². The second-order valence-electron chi connectivity index (χ2n) is 17.2. The van der Waals surface area contributed by atoms with Crippen LogP contribution in [-0.2, 0) is 14.3 Å². The first kappa shape index (κ1) is 59.1. The predicted octanol–water partition coefficient (Wildman–Crippen LogP) is 11.7. The highest BCUT2D eigenvalue weighted by molar-refractivity contribution is 5.76. The van der Waals surface area contributed by atoms with Crippen molar-refractivity contribution in [3.63, 3.8) is 0 Å². The summed E-state index contributed by atoms with van der Waals surface area (Å²) in [4.78, 5) is 13.0. The SMILES string of the molecule is CC/C=C\C/C=C\C/C=C\C/C=C\C/C=C\C/C=C\CCCCCCCCCCCCC(=O)NC(COC1OC(CO)C(O)C(O)C1O)C(O)/C=C/CC/C=C/CCCCCCCC. The molecule has 64 heavy (non-hydrogen) atoms. The highest BCUT2D eigenvalue weighted by Gasteiger charge is 2.44. The van der Waals surface area contributed by atoms with Gasteiger partial charge in [0.1, 0.15) is 24.4 Å². The zero-order valence-corrected chi connectivity index (χ0v) is 40.2. The lowest BCUT2D eigenvalue weighted by Crippen LogP contribution is -2.60. The van der Waals surface area contributed by atoms with Crippen molar-refractivity contribution in [3.05, 3.63) is 97.2 Å². The summed E-state index contributed by atoms with van der Waals surface area (Å²) in [5.41, 5.74) is 0. The minimum absolute atomic E-state index is 0.198. The van der Waals surface area contributed by atoms with Gasteiger partial charge in [0.2, 0.25) is 5.91 Å². The van der Waals surface area contributed by atoms with Gasteiger partial charge in [-0.3, -0.25) is 4.79 Å². The molecule has 7 unspecified atom stereocenters. The summed E-state index contributed by atoms with van der Waals surface area (Å²) in [6.45, 7) is 3.61. The molecular formula is C55H93NO8. The molecule has 0 aliphatic carbocycles. The molecule has 0 bridgehead atoms. The number of amides is 1. The van der Waals surface area contributed by atoms with Gasteiger partial charge in [-0.15, -0.1) is 0 Å². The van der Waals surface area contributed by atoms with Gasteiger partial charge in [-0.1, -0.05) is 195 Å². The van der Waals surface area contributed by atoms with E-state index in [4.69, 9.17) is 9.47 Å². The highest BCUT2D eigenvalue weighted by Crippen LogP contribution is 2.22. The zero-order valence-electron chi connectivity index (χ0n) is 40.2. The van der Waals surface area contributed by atoms with Crippen LogP contribution in [0.15, 0.2) is 97.2 Å². The second-order valence-corrected chi connectivity index (χ2v) is 17.2. The number of aliphatic hydroxyl groups excluding tert-OH is 5. The van der Waals surface area contributed by atoms with Crippen LogP contribution in [0.25, 0.3) is 0 Å². The van der Waals surface area contributed by atoms with Crippen molar-refractivity contribution in [1.82, 2.24) is 5.32 Å². The Morgan fingerprint density at radius 1 is 0.547 bits per heavy atom. The van der Waals surface area contributed by atoms with E-state index in [0.717, 1.165) is 89.9 Å². The second kappa shape index (κ2) is 44.0. The van der Waals surface area contributed by atoms with E-state index in [9.17, 15) is 30.3 Å². The summed E-state index contributed by atoms with van der Waals surface area (Å²) in [5.74, 6) is -0.198. The first-order chi connectivity index (χ1) is 31.3. The van der Waals surface area contributed by atoms with E-state index < -0.39 is 49.5 Å². The molecule has 366 valence electrons. The van der Waals surface area contributed by atoms with Crippen molar-refractivity contribution in [2.75, 3.05) is 13.2 Å². The topological polar surface area (TPSA) is 149 Å². The Hall–Kier alpha value is -2.89. The summed E-state index contributed by atoms with van der Waals surface area (Å²) in [5, 5.41) is 54.2. The van der Waals surface area contributed by atoms with Crippen LogP contribution < -0.4 is 5.32 Å². The molecule has 9 nitrogen and oxygen atoms in total. The maximum Gasteiger partial charge on any atom is 0.220 e. The van der Waals surface area contributed by atoms with E-state index in [-0.39, 0.29) is 12.5 Å². The average molecular weight is 896 g/mol. The Kier molecular flexibility index (Phi) is 40.6. The molecule has 0 aromatic heterocycles. The van der Waals surface area contributed by atoms with Crippen molar-refractivity contribution >= 4 is 5.91 Å². The van der Waals surface area contributed by atoms with E-state index in [1.165, 1.54) is 77.0 Å². The van der Waals surface area contributed by atoms with Crippen molar-refractivity contribution in [1.29, 1.82) is 0 Å². The highest BCUT2D eigenvalue weighted by atomic mass is 16.7. The lowest BCUT2D eigenvalue weighted by atomic mass is 9.99. The lowest BCUT2D eigenvalue weighted by molar-refractivity contribution is -0.302. The third kappa shape index (κ3) is 33.6. The number of nitrogens with one attached hydrogen (secondary N) is 1. The van der Waals surface area contributed by atoms with Crippen LogP contribution in [0, 0.1) is 0 Å². The fourth-order valence-electron chi connectivity index (χ4n) is 7.35. The minimum atomic E-state index is -1.58. The first-order valence-electron chi connectivity index (χ1n) is 25.5. The number of ether oxygens (including phenoxy) is 2. The first-order valence-corrected chi connectivity index (χ1v) is 25.5. The third-order valence-electron chi connectivity index (χ3n) is 11.4. The summed E-state index contributed by atoms with van der Waals surface area (Å²) < 4.78 is 11.2. The van der Waals surface area contributed by atoms with Gasteiger partial charge in [-0.05, 0) is 83.5 Å². The maximum absolute atomic E-state index is 13.0. The minimum Gasteiger partial charge on any atom is -0.394 e. The molecule has 0 radical (unpaired) electrons. The van der Waals surface area contributed by atoms with Gasteiger partial charge >= 0.3 is 0 Å². The fourth-order valence-corrected chi connectivity index (χ4v) is 7.35. The summed E-state index contributed by atoms with van der Waals surface area (Å²) >= 11 is 0.